The van der Waals surface area contributed by atoms with Crippen LogP contribution >= 0.6 is 11.3 Å². The summed E-state index contributed by atoms with van der Waals surface area (Å²) in [5.74, 6) is -1.75. The minimum absolute atomic E-state index is 0.0329. The second kappa shape index (κ2) is 9.74. The number of alkyl halides is 3. The van der Waals surface area contributed by atoms with Gasteiger partial charge in [-0.15, -0.1) is 11.3 Å². The van der Waals surface area contributed by atoms with E-state index >= 15 is 4.39 Å². The highest BCUT2D eigenvalue weighted by Crippen LogP contribution is 2.40. The number of nitrogens with one attached hydrogen (secondary N) is 1. The zero-order chi connectivity index (χ0) is 25.3. The average molecular weight is 520 g/mol. The molecule has 184 valence electrons. The van der Waals surface area contributed by atoms with E-state index in [1.54, 1.807) is 4.72 Å². The summed E-state index contributed by atoms with van der Waals surface area (Å²) in [7, 11) is -3.45. The van der Waals surface area contributed by atoms with Gasteiger partial charge in [-0.2, -0.15) is 13.2 Å². The predicted octanol–water partition coefficient (Wildman–Crippen LogP) is 5.06. The molecule has 2 aromatic heterocycles. The first-order valence-corrected chi connectivity index (χ1v) is 12.2. The molecule has 1 aromatic carbocycles. The number of halogens is 4. The molecule has 3 rings (SSSR count). The van der Waals surface area contributed by atoms with Gasteiger partial charge in [0.2, 0.25) is 5.82 Å². The van der Waals surface area contributed by atoms with E-state index in [0.29, 0.717) is 16.9 Å². The molecule has 2 heterocycles. The first kappa shape index (κ1) is 25.7. The number of ether oxygens (including phenoxy) is 1. The topological polar surface area (TPSA) is 90.3 Å². The van der Waals surface area contributed by atoms with Crippen molar-refractivity contribution in [2.75, 3.05) is 7.11 Å². The summed E-state index contributed by atoms with van der Waals surface area (Å²) in [6.45, 7) is 3.55. The number of carbonyl (C=O) groups excluding carboxylic acids is 1. The molecule has 0 aliphatic rings. The van der Waals surface area contributed by atoms with Crippen LogP contribution in [0.5, 0.6) is 0 Å². The third kappa shape index (κ3) is 5.58. The van der Waals surface area contributed by atoms with Crippen LogP contribution in [0.3, 0.4) is 0 Å². The zero-order valence-electron chi connectivity index (χ0n) is 18.3. The number of rotatable bonds is 7. The fourth-order valence-corrected chi connectivity index (χ4v) is 6.12. The number of thiophene rings is 1. The van der Waals surface area contributed by atoms with Gasteiger partial charge in [0.05, 0.1) is 7.11 Å². The van der Waals surface area contributed by atoms with Gasteiger partial charge >= 0.3 is 12.3 Å². The maximum absolute atomic E-state index is 15.3. The summed E-state index contributed by atoms with van der Waals surface area (Å²) >= 11 is 0.711. The van der Waals surface area contributed by atoms with Crippen molar-refractivity contribution in [1.29, 1.82) is 0 Å². The smallest absolute Gasteiger partial charge is 0.449 e. The van der Waals surface area contributed by atoms with Crippen molar-refractivity contribution >= 4 is 27.5 Å². The van der Waals surface area contributed by atoms with Crippen molar-refractivity contribution in [1.82, 2.24) is 14.3 Å². The first-order valence-electron chi connectivity index (χ1n) is 9.93. The van der Waals surface area contributed by atoms with E-state index in [0.717, 1.165) is 17.9 Å². The highest BCUT2D eigenvalue weighted by molar-refractivity contribution is 7.92. The highest BCUT2D eigenvalue weighted by Gasteiger charge is 2.36. The molecule has 0 saturated carbocycles. The van der Waals surface area contributed by atoms with Crippen LogP contribution in [0, 0.1) is 11.7 Å². The van der Waals surface area contributed by atoms with Crippen LogP contribution in [0.25, 0.3) is 11.1 Å². The van der Waals surface area contributed by atoms with Crippen molar-refractivity contribution in [2.24, 2.45) is 5.92 Å². The zero-order valence-corrected chi connectivity index (χ0v) is 19.9. The standard InChI is InChI=1S/C21H21F4N3O4S2/c1-12(2)10-15-17(22)16(18(33-15)34(30,31)27-20(29)32-3)14-6-4-13(5-7-14)11-28-9-8-26-19(28)21(23,24)25/h4-9,12H,10-11H2,1-3H3,(H,27,29). The predicted molar refractivity (Wildman–Crippen MR) is 117 cm³/mol. The Kier molecular flexibility index (Phi) is 7.36. The number of methoxy groups -OCH3 is 1. The van der Waals surface area contributed by atoms with E-state index in [9.17, 15) is 26.4 Å². The number of carbonyl (C=O) groups is 1. The molecule has 1 N–H and O–H groups in total. The lowest BCUT2D eigenvalue weighted by atomic mass is 10.0. The molecule has 0 radical (unpaired) electrons. The summed E-state index contributed by atoms with van der Waals surface area (Å²) < 4.78 is 86.7. The summed E-state index contributed by atoms with van der Waals surface area (Å²) in [6.07, 6.45) is -3.33. The van der Waals surface area contributed by atoms with Crippen molar-refractivity contribution in [3.8, 4) is 11.1 Å². The Hall–Kier alpha value is -2.93. The molecule has 0 atom stereocenters. The molecule has 7 nitrogen and oxygen atoms in total. The maximum Gasteiger partial charge on any atom is 0.449 e. The molecular weight excluding hydrogens is 498 g/mol. The van der Waals surface area contributed by atoms with Crippen molar-refractivity contribution < 1.29 is 35.5 Å². The van der Waals surface area contributed by atoms with Crippen LogP contribution in [0.4, 0.5) is 22.4 Å². The Morgan fingerprint density at radius 2 is 1.88 bits per heavy atom. The van der Waals surface area contributed by atoms with Crippen molar-refractivity contribution in [2.45, 2.75) is 37.2 Å². The van der Waals surface area contributed by atoms with E-state index in [-0.39, 0.29) is 34.9 Å². The molecule has 0 aliphatic heterocycles. The minimum atomic E-state index is -4.62. The molecule has 3 aromatic rings. The number of amides is 1. The number of hydrogen-bond acceptors (Lipinski definition) is 6. The van der Waals surface area contributed by atoms with E-state index in [1.807, 2.05) is 13.8 Å². The van der Waals surface area contributed by atoms with Gasteiger partial charge in [-0.25, -0.2) is 27.3 Å². The van der Waals surface area contributed by atoms with Crippen LogP contribution in [-0.2, 0) is 33.9 Å². The normalized spacial score (nSPS) is 12.2. The van der Waals surface area contributed by atoms with Gasteiger partial charge in [-0.3, -0.25) is 0 Å². The molecule has 34 heavy (non-hydrogen) atoms. The molecule has 0 bridgehead atoms. The van der Waals surface area contributed by atoms with Gasteiger partial charge in [-0.1, -0.05) is 38.1 Å². The second-order valence-corrected chi connectivity index (χ2v) is 10.8. The average Bonchev–Trinajstić information content (AvgIpc) is 3.33. The number of imidazole rings is 1. The first-order chi connectivity index (χ1) is 15.8. The number of sulfonamides is 1. The Bertz CT molecular complexity index is 1280. The Balaban J connectivity index is 2.01. The molecule has 0 fully saturated rings. The number of nitrogens with zero attached hydrogens (tertiary/aromatic N) is 2. The van der Waals surface area contributed by atoms with Gasteiger partial charge in [0.15, 0.2) is 4.21 Å². The summed E-state index contributed by atoms with van der Waals surface area (Å²) in [5.41, 5.74) is 0.434. The van der Waals surface area contributed by atoms with E-state index in [2.05, 4.69) is 9.72 Å². The minimum Gasteiger partial charge on any atom is -0.452 e. The van der Waals surface area contributed by atoms with Crippen LogP contribution in [0.15, 0.2) is 40.9 Å². The number of hydrogen-bond donors (Lipinski definition) is 1. The van der Waals surface area contributed by atoms with E-state index in [4.69, 9.17) is 0 Å². The monoisotopic (exact) mass is 519 g/mol. The van der Waals surface area contributed by atoms with E-state index in [1.165, 1.54) is 30.5 Å². The summed E-state index contributed by atoms with van der Waals surface area (Å²) in [5, 5.41) is 0. The van der Waals surface area contributed by atoms with Crippen molar-refractivity contribution in [3.63, 3.8) is 0 Å². The summed E-state index contributed by atoms with van der Waals surface area (Å²) in [6, 6.07) is 5.78. The fraction of sp³-hybridized carbons (Fsp3) is 0.333. The fourth-order valence-electron chi connectivity index (χ4n) is 3.24. The number of benzene rings is 1. The maximum atomic E-state index is 15.3. The number of aromatic nitrogens is 2. The molecular formula is C21H21F4N3O4S2. The second-order valence-electron chi connectivity index (χ2n) is 7.77. The lowest BCUT2D eigenvalue weighted by Gasteiger charge is -2.11. The Morgan fingerprint density at radius 1 is 1.24 bits per heavy atom. The molecule has 0 unspecified atom stereocenters. The Labute approximate surface area is 197 Å². The third-order valence-electron chi connectivity index (χ3n) is 4.69. The van der Waals surface area contributed by atoms with Gasteiger partial charge < -0.3 is 9.30 Å². The molecule has 0 spiro atoms. The van der Waals surface area contributed by atoms with Crippen LogP contribution in [-0.4, -0.2) is 31.2 Å². The quantitative estimate of drug-likeness (QED) is 0.441. The largest absolute Gasteiger partial charge is 0.452 e. The lowest BCUT2D eigenvalue weighted by molar-refractivity contribution is -0.147. The highest BCUT2D eigenvalue weighted by atomic mass is 32.2. The molecule has 0 aliphatic carbocycles. The van der Waals surface area contributed by atoms with Gasteiger partial charge in [0, 0.05) is 29.4 Å². The van der Waals surface area contributed by atoms with Crippen LogP contribution in [0.1, 0.15) is 30.1 Å². The SMILES string of the molecule is COC(=O)NS(=O)(=O)c1sc(CC(C)C)c(F)c1-c1ccc(Cn2ccnc2C(F)(F)F)cc1. The van der Waals surface area contributed by atoms with Gasteiger partial charge in [0.1, 0.15) is 5.82 Å². The summed E-state index contributed by atoms with van der Waals surface area (Å²) in [4.78, 5) is 15.1. The van der Waals surface area contributed by atoms with E-state index < -0.39 is 38.1 Å². The van der Waals surface area contributed by atoms with Crippen LogP contribution in [0.2, 0.25) is 0 Å². The van der Waals surface area contributed by atoms with Gasteiger partial charge in [0.25, 0.3) is 10.0 Å². The lowest BCUT2D eigenvalue weighted by Crippen LogP contribution is -2.30. The van der Waals surface area contributed by atoms with Crippen LogP contribution < -0.4 is 4.72 Å². The van der Waals surface area contributed by atoms with Gasteiger partial charge in [-0.05, 0) is 23.5 Å². The Morgan fingerprint density at radius 3 is 2.44 bits per heavy atom. The molecule has 13 heteroatoms. The third-order valence-corrected chi connectivity index (χ3v) is 7.71. The molecule has 0 saturated heterocycles. The molecule has 1 amide bonds. The van der Waals surface area contributed by atoms with Crippen molar-refractivity contribution in [3.05, 3.63) is 58.7 Å².